The summed E-state index contributed by atoms with van der Waals surface area (Å²) in [6, 6.07) is 7.97. The third-order valence-corrected chi connectivity index (χ3v) is 4.23. The van der Waals surface area contributed by atoms with E-state index in [0.29, 0.717) is 18.3 Å². The number of rotatable bonds is 5. The molecule has 22 heavy (non-hydrogen) atoms. The Balaban J connectivity index is 1.76. The number of methoxy groups -OCH3 is 1. The molecule has 1 saturated carbocycles. The van der Waals surface area contributed by atoms with E-state index in [-0.39, 0.29) is 5.63 Å². The lowest BCUT2D eigenvalue weighted by molar-refractivity contribution is -0.677. The van der Waals surface area contributed by atoms with E-state index in [4.69, 9.17) is 9.26 Å². The molecule has 1 aromatic heterocycles. The largest absolute Gasteiger partial charge is 0.497 e. The number of nitrogens with one attached hydrogen (secondary N) is 2. The second-order valence-electron chi connectivity index (χ2n) is 5.68. The van der Waals surface area contributed by atoms with Gasteiger partial charge in [0.1, 0.15) is 5.75 Å². The normalized spacial score (nSPS) is 15.9. The average Bonchev–Trinajstić information content (AvgIpc) is 2.95. The molecule has 0 atom stereocenters. The van der Waals surface area contributed by atoms with Gasteiger partial charge in [-0.25, -0.2) is 4.79 Å². The van der Waals surface area contributed by atoms with Crippen molar-refractivity contribution in [3.8, 4) is 11.4 Å². The summed E-state index contributed by atoms with van der Waals surface area (Å²) >= 11 is 0. The van der Waals surface area contributed by atoms with E-state index in [1.807, 2.05) is 24.3 Å². The third-order valence-electron chi connectivity index (χ3n) is 4.23. The second kappa shape index (κ2) is 6.79. The Bertz CT molecular complexity index is 654. The summed E-state index contributed by atoms with van der Waals surface area (Å²) < 4.78 is 11.8. The molecule has 0 bridgehead atoms. The van der Waals surface area contributed by atoms with Gasteiger partial charge in [-0.3, -0.25) is 4.52 Å². The highest BCUT2D eigenvalue weighted by Gasteiger charge is 2.24. The molecule has 2 aromatic rings. The Morgan fingerprint density at radius 3 is 2.68 bits per heavy atom. The first-order valence-electron chi connectivity index (χ1n) is 7.78. The van der Waals surface area contributed by atoms with Gasteiger partial charge in [0.05, 0.1) is 13.7 Å². The van der Waals surface area contributed by atoms with Crippen molar-refractivity contribution in [3.63, 3.8) is 0 Å². The minimum Gasteiger partial charge on any atom is -0.497 e. The molecule has 1 aliphatic rings. The van der Waals surface area contributed by atoms with Crippen LogP contribution in [0, 0.1) is 0 Å². The molecular weight excluding hydrogens is 282 g/mol. The molecule has 118 valence electrons. The molecule has 1 aromatic carbocycles. The quantitative estimate of drug-likeness (QED) is 0.824. The molecule has 2 N–H and O–H groups in total. The first kappa shape index (κ1) is 14.8. The van der Waals surface area contributed by atoms with Gasteiger partial charge in [-0.05, 0) is 34.9 Å². The zero-order valence-corrected chi connectivity index (χ0v) is 12.8. The molecule has 0 unspecified atom stereocenters. The van der Waals surface area contributed by atoms with E-state index in [9.17, 15) is 4.79 Å². The van der Waals surface area contributed by atoms with Crippen LogP contribution in [-0.2, 0) is 6.54 Å². The van der Waals surface area contributed by atoms with Crippen molar-refractivity contribution in [2.45, 2.75) is 44.7 Å². The molecule has 0 saturated heterocycles. The maximum absolute atomic E-state index is 11.9. The minimum absolute atomic E-state index is 0.334. The zero-order chi connectivity index (χ0) is 15.4. The van der Waals surface area contributed by atoms with Gasteiger partial charge in [-0.2, -0.15) is 0 Å². The van der Waals surface area contributed by atoms with Gasteiger partial charge in [0.2, 0.25) is 5.69 Å². The molecule has 0 radical (unpaired) electrons. The van der Waals surface area contributed by atoms with Crippen LogP contribution in [0.1, 0.15) is 37.8 Å². The summed E-state index contributed by atoms with van der Waals surface area (Å²) in [4.78, 5) is 11.9. The van der Waals surface area contributed by atoms with E-state index < -0.39 is 0 Å². The summed E-state index contributed by atoms with van der Waals surface area (Å²) in [7, 11) is 1.63. The summed E-state index contributed by atoms with van der Waals surface area (Å²) in [6.45, 7) is 0.503. The van der Waals surface area contributed by atoms with Crippen LogP contribution >= 0.6 is 0 Å². The predicted octanol–water partition coefficient (Wildman–Crippen LogP) is 1.68. The van der Waals surface area contributed by atoms with Crippen LogP contribution in [0.25, 0.3) is 5.69 Å². The minimum atomic E-state index is -0.334. The highest BCUT2D eigenvalue weighted by atomic mass is 16.5. The highest BCUT2D eigenvalue weighted by molar-refractivity contribution is 5.31. The van der Waals surface area contributed by atoms with Crippen molar-refractivity contribution in [1.29, 1.82) is 0 Å². The van der Waals surface area contributed by atoms with Crippen LogP contribution in [0.5, 0.6) is 5.75 Å². The Morgan fingerprint density at radius 1 is 1.27 bits per heavy atom. The highest BCUT2D eigenvalue weighted by Crippen LogP contribution is 2.17. The summed E-state index contributed by atoms with van der Waals surface area (Å²) in [5.74, 6) is 0.775. The molecule has 3 rings (SSSR count). The molecule has 0 amide bonds. The number of benzene rings is 1. The lowest BCUT2D eigenvalue weighted by atomic mass is 9.95. The van der Waals surface area contributed by atoms with Gasteiger partial charge in [0.15, 0.2) is 0 Å². The van der Waals surface area contributed by atoms with Gasteiger partial charge < -0.3 is 10.1 Å². The van der Waals surface area contributed by atoms with Crippen molar-refractivity contribution in [1.82, 2.24) is 10.6 Å². The molecule has 0 aliphatic heterocycles. The number of aromatic nitrogens is 2. The van der Waals surface area contributed by atoms with Crippen LogP contribution < -0.4 is 20.4 Å². The molecule has 6 heteroatoms. The lowest BCUT2D eigenvalue weighted by Crippen LogP contribution is -2.42. The van der Waals surface area contributed by atoms with Crippen molar-refractivity contribution < 1.29 is 13.9 Å². The Morgan fingerprint density at radius 2 is 2.00 bits per heavy atom. The number of ether oxygens (including phenoxy) is 1. The first-order valence-corrected chi connectivity index (χ1v) is 7.78. The topological polar surface area (TPSA) is 71.1 Å². The SMILES string of the molecule is COc1ccc(-[n+]2[nH]oc(=O)c2CNC2CCCCC2)cc1. The maximum Gasteiger partial charge on any atom is 0.431 e. The molecule has 6 nitrogen and oxygen atoms in total. The van der Waals surface area contributed by atoms with Crippen molar-refractivity contribution >= 4 is 0 Å². The smallest absolute Gasteiger partial charge is 0.431 e. The van der Waals surface area contributed by atoms with E-state index in [1.165, 1.54) is 32.1 Å². The van der Waals surface area contributed by atoms with Crippen LogP contribution in [0.4, 0.5) is 0 Å². The summed E-state index contributed by atoms with van der Waals surface area (Å²) in [5.41, 5.74) is 1.09. The van der Waals surface area contributed by atoms with Gasteiger partial charge in [-0.15, -0.1) is 0 Å². The molecule has 1 fully saturated rings. The standard InChI is InChI=1S/C16H21N3O3/c1-21-14-9-7-13(8-10-14)19-15(16(20)22-18-19)11-17-12-5-3-2-4-6-12/h7-10,12,17H,2-6,11H2,1H3/p+1. The molecular formula is C16H22N3O3+. The predicted molar refractivity (Wildman–Crippen MR) is 81.1 cm³/mol. The number of H-pyrrole nitrogens is 1. The van der Waals surface area contributed by atoms with Crippen molar-refractivity contribution in [2.75, 3.05) is 7.11 Å². The number of nitrogens with zero attached hydrogens (tertiary/aromatic N) is 1. The monoisotopic (exact) mass is 304 g/mol. The first-order chi connectivity index (χ1) is 10.8. The fraction of sp³-hybridized carbons (Fsp3) is 0.500. The van der Waals surface area contributed by atoms with Crippen molar-refractivity contribution in [3.05, 3.63) is 40.4 Å². The van der Waals surface area contributed by atoms with Crippen LogP contribution in [0.2, 0.25) is 0 Å². The number of aromatic amines is 1. The Labute approximate surface area is 129 Å². The fourth-order valence-electron chi connectivity index (χ4n) is 2.93. The Hall–Kier alpha value is -2.08. The van der Waals surface area contributed by atoms with Gasteiger partial charge in [0, 0.05) is 18.2 Å². The van der Waals surface area contributed by atoms with E-state index >= 15 is 0 Å². The van der Waals surface area contributed by atoms with Gasteiger partial charge >= 0.3 is 11.3 Å². The maximum atomic E-state index is 11.9. The second-order valence-corrected chi connectivity index (χ2v) is 5.68. The van der Waals surface area contributed by atoms with Crippen molar-refractivity contribution in [2.24, 2.45) is 0 Å². The van der Waals surface area contributed by atoms with E-state index in [1.54, 1.807) is 11.8 Å². The molecule has 0 spiro atoms. The van der Waals surface area contributed by atoms with Crippen LogP contribution in [0.15, 0.2) is 33.6 Å². The van der Waals surface area contributed by atoms with E-state index in [2.05, 4.69) is 10.6 Å². The van der Waals surface area contributed by atoms with E-state index in [0.717, 1.165) is 11.4 Å². The van der Waals surface area contributed by atoms with Gasteiger partial charge in [0.25, 0.3) is 0 Å². The number of hydrogen-bond donors (Lipinski definition) is 2. The third kappa shape index (κ3) is 3.22. The summed E-state index contributed by atoms with van der Waals surface area (Å²) in [6.07, 6.45) is 6.20. The lowest BCUT2D eigenvalue weighted by Gasteiger charge is -2.21. The zero-order valence-electron chi connectivity index (χ0n) is 12.8. The fourth-order valence-corrected chi connectivity index (χ4v) is 2.93. The molecule has 1 heterocycles. The Kier molecular flexibility index (Phi) is 4.58. The summed E-state index contributed by atoms with van der Waals surface area (Å²) in [5, 5.41) is 6.14. The average molecular weight is 304 g/mol. The van der Waals surface area contributed by atoms with Gasteiger partial charge in [-0.1, -0.05) is 19.3 Å². The van der Waals surface area contributed by atoms with Crippen LogP contribution in [-0.4, -0.2) is 18.4 Å². The number of hydrogen-bond acceptors (Lipinski definition) is 4. The van der Waals surface area contributed by atoms with Crippen LogP contribution in [0.3, 0.4) is 0 Å². The molecule has 1 aliphatic carbocycles.